The summed E-state index contributed by atoms with van der Waals surface area (Å²) >= 11 is 2.93. The monoisotopic (exact) mass is 347 g/mol. The highest BCUT2D eigenvalue weighted by Crippen LogP contribution is 2.33. The fourth-order valence-corrected chi connectivity index (χ4v) is 2.30. The van der Waals surface area contributed by atoms with Crippen LogP contribution in [0.15, 0.2) is 21.8 Å². The summed E-state index contributed by atoms with van der Waals surface area (Å²) in [5.74, 6) is -3.06. The molecule has 1 atom stereocenters. The Balaban J connectivity index is 2.23. The number of nitrogens with zero attached hydrogens (tertiary/aromatic N) is 1. The molecule has 1 aliphatic carbocycles. The molecular weight excluding hydrogens is 336 g/mol. The number of hydrogen-bond donors (Lipinski definition) is 3. The van der Waals surface area contributed by atoms with E-state index in [1.54, 1.807) is 0 Å². The van der Waals surface area contributed by atoms with Crippen LogP contribution in [0.25, 0.3) is 0 Å². The number of benzene rings is 1. The number of rotatable bonds is 4. The van der Waals surface area contributed by atoms with Crippen LogP contribution < -0.4 is 11.1 Å². The molecule has 5 nitrogen and oxygen atoms in total. The van der Waals surface area contributed by atoms with Crippen LogP contribution in [0, 0.1) is 17.6 Å². The minimum Gasteiger partial charge on any atom is -0.409 e. The summed E-state index contributed by atoms with van der Waals surface area (Å²) in [6.45, 7) is 0. The van der Waals surface area contributed by atoms with Crippen molar-refractivity contribution in [2.75, 3.05) is 0 Å². The highest BCUT2D eigenvalue weighted by Gasteiger charge is 2.36. The van der Waals surface area contributed by atoms with E-state index in [1.165, 1.54) is 0 Å². The molecule has 1 unspecified atom stereocenters. The maximum absolute atomic E-state index is 13.7. The van der Waals surface area contributed by atoms with E-state index >= 15 is 0 Å². The molecule has 20 heavy (non-hydrogen) atoms. The molecule has 1 amide bonds. The van der Waals surface area contributed by atoms with Crippen molar-refractivity contribution >= 4 is 27.7 Å². The van der Waals surface area contributed by atoms with E-state index in [4.69, 9.17) is 10.9 Å². The molecule has 1 saturated carbocycles. The van der Waals surface area contributed by atoms with Gasteiger partial charge in [-0.25, -0.2) is 8.78 Å². The predicted octanol–water partition coefficient (Wildman–Crippen LogP) is 1.98. The number of amidine groups is 1. The van der Waals surface area contributed by atoms with Crippen LogP contribution in [0.1, 0.15) is 23.2 Å². The smallest absolute Gasteiger partial charge is 0.257 e. The lowest BCUT2D eigenvalue weighted by Crippen LogP contribution is -2.46. The summed E-state index contributed by atoms with van der Waals surface area (Å²) in [5, 5.41) is 13.9. The molecule has 1 aromatic rings. The topological polar surface area (TPSA) is 87.7 Å². The highest BCUT2D eigenvalue weighted by atomic mass is 79.9. The molecule has 1 fully saturated rings. The van der Waals surface area contributed by atoms with Gasteiger partial charge in [0.15, 0.2) is 5.84 Å². The zero-order chi connectivity index (χ0) is 14.9. The predicted molar refractivity (Wildman–Crippen MR) is 71.4 cm³/mol. The number of nitrogens with two attached hydrogens (primary N) is 1. The summed E-state index contributed by atoms with van der Waals surface area (Å²) in [5.41, 5.74) is 4.78. The molecule has 1 aliphatic rings. The number of amides is 1. The van der Waals surface area contributed by atoms with E-state index < -0.39 is 29.1 Å². The number of carbonyl (C=O) groups is 1. The van der Waals surface area contributed by atoms with E-state index in [1.807, 2.05) is 0 Å². The lowest BCUT2D eigenvalue weighted by Gasteiger charge is -2.17. The van der Waals surface area contributed by atoms with E-state index in [2.05, 4.69) is 26.4 Å². The highest BCUT2D eigenvalue weighted by molar-refractivity contribution is 9.10. The van der Waals surface area contributed by atoms with E-state index in [9.17, 15) is 13.6 Å². The Kier molecular flexibility index (Phi) is 4.22. The molecule has 4 N–H and O–H groups in total. The van der Waals surface area contributed by atoms with Gasteiger partial charge < -0.3 is 16.3 Å². The maximum Gasteiger partial charge on any atom is 0.257 e. The van der Waals surface area contributed by atoms with E-state index in [0.29, 0.717) is 0 Å². The minimum absolute atomic E-state index is 0.0245. The van der Waals surface area contributed by atoms with E-state index in [-0.39, 0.29) is 16.2 Å². The fraction of sp³-hybridized carbons (Fsp3) is 0.333. The third-order valence-corrected chi connectivity index (χ3v) is 3.51. The average molecular weight is 348 g/mol. The van der Waals surface area contributed by atoms with Crippen LogP contribution >= 0.6 is 15.9 Å². The maximum atomic E-state index is 13.7. The molecule has 108 valence electrons. The van der Waals surface area contributed by atoms with Crippen molar-refractivity contribution in [3.8, 4) is 0 Å². The van der Waals surface area contributed by atoms with Gasteiger partial charge in [-0.2, -0.15) is 0 Å². The van der Waals surface area contributed by atoms with Gasteiger partial charge in [-0.1, -0.05) is 21.1 Å². The number of nitrogens with one attached hydrogen (secondary N) is 1. The summed E-state index contributed by atoms with van der Waals surface area (Å²) in [6.07, 6.45) is 1.60. The first kappa shape index (κ1) is 14.7. The molecule has 0 bridgehead atoms. The van der Waals surface area contributed by atoms with Crippen molar-refractivity contribution in [2.24, 2.45) is 16.8 Å². The van der Waals surface area contributed by atoms with Crippen LogP contribution in [0.5, 0.6) is 0 Å². The first-order valence-electron chi connectivity index (χ1n) is 5.87. The van der Waals surface area contributed by atoms with Crippen LogP contribution in [-0.4, -0.2) is 23.0 Å². The van der Waals surface area contributed by atoms with Crippen LogP contribution in [0.2, 0.25) is 0 Å². The van der Waals surface area contributed by atoms with Gasteiger partial charge in [-0.05, 0) is 30.9 Å². The molecular formula is C12H12BrF2N3O2. The third kappa shape index (κ3) is 3.06. The molecule has 8 heteroatoms. The fourth-order valence-electron chi connectivity index (χ4n) is 1.90. The van der Waals surface area contributed by atoms with Gasteiger partial charge in [0.1, 0.15) is 17.2 Å². The first-order chi connectivity index (χ1) is 9.43. The van der Waals surface area contributed by atoms with Gasteiger partial charge in [0, 0.05) is 4.47 Å². The lowest BCUT2D eigenvalue weighted by atomic mass is 10.1. The van der Waals surface area contributed by atoms with Crippen LogP contribution in [-0.2, 0) is 0 Å². The number of carbonyl (C=O) groups excluding carboxylic acids is 1. The van der Waals surface area contributed by atoms with Crippen molar-refractivity contribution in [3.63, 3.8) is 0 Å². The SMILES string of the molecule is NC(=NO)C(NC(=O)c1c(F)cc(Br)cc1F)C1CC1. The van der Waals surface area contributed by atoms with Gasteiger partial charge in [-0.15, -0.1) is 0 Å². The standard InChI is InChI=1S/C12H12BrF2N3O2/c13-6-3-7(14)9(8(15)4-6)12(19)17-10(5-1-2-5)11(16)18-20/h3-5,10,20H,1-2H2,(H2,16,18)(H,17,19). The Morgan fingerprint density at radius 2 is 2.00 bits per heavy atom. The van der Waals surface area contributed by atoms with Gasteiger partial charge in [0.05, 0.1) is 6.04 Å². The first-order valence-corrected chi connectivity index (χ1v) is 6.66. The van der Waals surface area contributed by atoms with Crippen molar-refractivity contribution in [1.82, 2.24) is 5.32 Å². The van der Waals surface area contributed by atoms with E-state index in [0.717, 1.165) is 25.0 Å². The zero-order valence-electron chi connectivity index (χ0n) is 10.2. The summed E-state index contributed by atoms with van der Waals surface area (Å²) in [6, 6.07) is 1.26. The second-order valence-corrected chi connectivity index (χ2v) is 5.47. The molecule has 0 aromatic heterocycles. The quantitative estimate of drug-likeness (QED) is 0.337. The Hall–Kier alpha value is -1.70. The Labute approximate surface area is 122 Å². The molecule has 1 aromatic carbocycles. The third-order valence-electron chi connectivity index (χ3n) is 3.05. The number of halogens is 3. The number of hydrogen-bond acceptors (Lipinski definition) is 3. The van der Waals surface area contributed by atoms with Crippen molar-refractivity contribution in [1.29, 1.82) is 0 Å². The number of oxime groups is 1. The molecule has 0 saturated heterocycles. The van der Waals surface area contributed by atoms with Crippen molar-refractivity contribution in [2.45, 2.75) is 18.9 Å². The van der Waals surface area contributed by atoms with Gasteiger partial charge in [-0.3, -0.25) is 4.79 Å². The lowest BCUT2D eigenvalue weighted by molar-refractivity contribution is 0.0934. The summed E-state index contributed by atoms with van der Waals surface area (Å²) in [7, 11) is 0. The second-order valence-electron chi connectivity index (χ2n) is 4.56. The summed E-state index contributed by atoms with van der Waals surface area (Å²) in [4.78, 5) is 12.0. The molecule has 0 heterocycles. The second kappa shape index (κ2) is 5.74. The zero-order valence-corrected chi connectivity index (χ0v) is 11.8. The molecule has 0 radical (unpaired) electrons. The van der Waals surface area contributed by atoms with Crippen LogP contribution in [0.4, 0.5) is 8.78 Å². The summed E-state index contributed by atoms with van der Waals surface area (Å²) < 4.78 is 27.5. The van der Waals surface area contributed by atoms with Crippen molar-refractivity contribution in [3.05, 3.63) is 33.8 Å². The normalized spacial score (nSPS) is 16.9. The Morgan fingerprint density at radius 1 is 1.45 bits per heavy atom. The van der Waals surface area contributed by atoms with Gasteiger partial charge >= 0.3 is 0 Å². The van der Waals surface area contributed by atoms with Crippen LogP contribution in [0.3, 0.4) is 0 Å². The Morgan fingerprint density at radius 3 is 2.45 bits per heavy atom. The molecule has 2 rings (SSSR count). The average Bonchev–Trinajstić information content (AvgIpc) is 3.17. The molecule has 0 spiro atoms. The van der Waals surface area contributed by atoms with Crippen molar-refractivity contribution < 1.29 is 18.8 Å². The Bertz CT molecular complexity index is 553. The van der Waals surface area contributed by atoms with Gasteiger partial charge in [0.25, 0.3) is 5.91 Å². The largest absolute Gasteiger partial charge is 0.409 e. The molecule has 0 aliphatic heterocycles. The minimum atomic E-state index is -0.983. The van der Waals surface area contributed by atoms with Gasteiger partial charge in [0.2, 0.25) is 0 Å².